The van der Waals surface area contributed by atoms with E-state index in [0.29, 0.717) is 12.5 Å². The van der Waals surface area contributed by atoms with Crippen molar-refractivity contribution < 1.29 is 9.50 Å². The van der Waals surface area contributed by atoms with Crippen LogP contribution in [0.5, 0.6) is 0 Å². The molecule has 2 aliphatic heterocycles. The lowest BCUT2D eigenvalue weighted by Crippen LogP contribution is -2.31. The van der Waals surface area contributed by atoms with E-state index in [1.165, 1.54) is 46.3 Å². The molecule has 1 aromatic heterocycles. The fourth-order valence-electron chi connectivity index (χ4n) is 4.99. The summed E-state index contributed by atoms with van der Waals surface area (Å²) in [6.07, 6.45) is 1.22. The lowest BCUT2D eigenvalue weighted by atomic mass is 9.93. The summed E-state index contributed by atoms with van der Waals surface area (Å²) in [5.41, 5.74) is 4.97. The van der Waals surface area contributed by atoms with E-state index < -0.39 is 5.60 Å². The number of hydrogen-bond acceptors (Lipinski definition) is 2. The van der Waals surface area contributed by atoms with Gasteiger partial charge < -0.3 is 9.67 Å². The lowest BCUT2D eigenvalue weighted by molar-refractivity contribution is 0.0380. The molecule has 3 heterocycles. The van der Waals surface area contributed by atoms with E-state index in [1.807, 2.05) is 6.92 Å². The first-order valence-corrected chi connectivity index (χ1v) is 9.75. The van der Waals surface area contributed by atoms with Crippen molar-refractivity contribution in [3.63, 3.8) is 0 Å². The van der Waals surface area contributed by atoms with Gasteiger partial charge in [-0.15, -0.1) is 0 Å². The second-order valence-electron chi connectivity index (χ2n) is 8.47. The van der Waals surface area contributed by atoms with Gasteiger partial charge in [-0.2, -0.15) is 0 Å². The van der Waals surface area contributed by atoms with Gasteiger partial charge in [-0.1, -0.05) is 23.8 Å². The number of aromatic nitrogens is 1. The first-order valence-electron chi connectivity index (χ1n) is 9.75. The van der Waals surface area contributed by atoms with Crippen LogP contribution in [-0.2, 0) is 18.7 Å². The second kappa shape index (κ2) is 5.91. The molecule has 2 aliphatic rings. The zero-order valence-electron chi connectivity index (χ0n) is 15.9. The van der Waals surface area contributed by atoms with Crippen molar-refractivity contribution in [2.75, 3.05) is 13.1 Å². The third kappa shape index (κ3) is 2.70. The lowest BCUT2D eigenvalue weighted by Gasteiger charge is -2.29. The summed E-state index contributed by atoms with van der Waals surface area (Å²) in [7, 11) is 0. The molecule has 1 N–H and O–H groups in total. The molecular formula is C23H25FN2O. The van der Waals surface area contributed by atoms with E-state index in [2.05, 4.69) is 34.6 Å². The van der Waals surface area contributed by atoms with Gasteiger partial charge >= 0.3 is 0 Å². The van der Waals surface area contributed by atoms with Crippen LogP contribution in [-0.4, -0.2) is 27.7 Å². The quantitative estimate of drug-likeness (QED) is 0.751. The highest BCUT2D eigenvalue weighted by Crippen LogP contribution is 2.43. The van der Waals surface area contributed by atoms with Gasteiger partial charge in [0.2, 0.25) is 0 Å². The summed E-state index contributed by atoms with van der Waals surface area (Å²) in [5.74, 6) is 0.313. The van der Waals surface area contributed by atoms with Crippen molar-refractivity contribution in [2.45, 2.75) is 44.9 Å². The van der Waals surface area contributed by atoms with Crippen LogP contribution in [0.2, 0.25) is 0 Å². The van der Waals surface area contributed by atoms with Gasteiger partial charge in [-0.3, -0.25) is 4.90 Å². The fraction of sp³-hybridized carbons (Fsp3) is 0.391. The summed E-state index contributed by atoms with van der Waals surface area (Å²) < 4.78 is 15.6. The standard InChI is InChI=1S/C23H25FN2O/c1-15-3-8-20-19(11-15)22-16-9-10-25(12-16)13-21(22)26(20)14-23(2,27)17-4-6-18(24)7-5-17/h3-8,11,16,27H,9-10,12-14H2,1-2H3. The minimum Gasteiger partial charge on any atom is -0.384 e. The summed E-state index contributed by atoms with van der Waals surface area (Å²) in [6.45, 7) is 7.68. The highest BCUT2D eigenvalue weighted by atomic mass is 19.1. The number of halogens is 1. The van der Waals surface area contributed by atoms with Crippen LogP contribution in [0, 0.1) is 12.7 Å². The fourth-order valence-corrected chi connectivity index (χ4v) is 4.99. The van der Waals surface area contributed by atoms with Crippen molar-refractivity contribution in [1.29, 1.82) is 0 Å². The van der Waals surface area contributed by atoms with Crippen LogP contribution in [0.25, 0.3) is 10.9 Å². The molecule has 3 unspecified atom stereocenters. The van der Waals surface area contributed by atoms with Crippen LogP contribution in [0.1, 0.15) is 41.6 Å². The Balaban J connectivity index is 1.65. The molecular weight excluding hydrogens is 339 g/mol. The molecule has 0 radical (unpaired) electrons. The minimum absolute atomic E-state index is 0.279. The molecule has 140 valence electrons. The highest BCUT2D eigenvalue weighted by molar-refractivity contribution is 5.87. The Morgan fingerprint density at radius 1 is 1.19 bits per heavy atom. The number of benzene rings is 2. The Kier molecular flexibility index (Phi) is 3.72. The molecule has 1 saturated heterocycles. The molecule has 0 saturated carbocycles. The van der Waals surface area contributed by atoms with E-state index in [9.17, 15) is 9.50 Å². The van der Waals surface area contributed by atoms with E-state index >= 15 is 0 Å². The van der Waals surface area contributed by atoms with Crippen molar-refractivity contribution >= 4 is 10.9 Å². The third-order valence-corrected chi connectivity index (χ3v) is 6.36. The van der Waals surface area contributed by atoms with Crippen molar-refractivity contribution in [2.24, 2.45) is 0 Å². The molecule has 1 fully saturated rings. The Bertz CT molecular complexity index is 1020. The number of aryl methyl sites for hydroxylation is 1. The summed E-state index contributed by atoms with van der Waals surface area (Å²) in [6, 6.07) is 12.8. The van der Waals surface area contributed by atoms with E-state index in [1.54, 1.807) is 12.1 Å². The van der Waals surface area contributed by atoms with Gasteiger partial charge in [-0.05, 0) is 62.2 Å². The van der Waals surface area contributed by atoms with E-state index in [-0.39, 0.29) is 5.82 Å². The Hall–Kier alpha value is -2.17. The first kappa shape index (κ1) is 17.0. The molecule has 27 heavy (non-hydrogen) atoms. The van der Waals surface area contributed by atoms with Crippen LogP contribution >= 0.6 is 0 Å². The zero-order valence-corrected chi connectivity index (χ0v) is 15.9. The Morgan fingerprint density at radius 3 is 2.74 bits per heavy atom. The van der Waals surface area contributed by atoms with Crippen molar-refractivity contribution in [1.82, 2.24) is 9.47 Å². The van der Waals surface area contributed by atoms with Crippen LogP contribution < -0.4 is 0 Å². The van der Waals surface area contributed by atoms with Gasteiger partial charge in [0.1, 0.15) is 11.4 Å². The zero-order chi connectivity index (χ0) is 18.8. The smallest absolute Gasteiger partial charge is 0.123 e. The van der Waals surface area contributed by atoms with Gasteiger partial charge in [0.25, 0.3) is 0 Å². The molecule has 2 bridgehead atoms. The predicted molar refractivity (Wildman–Crippen MR) is 105 cm³/mol. The van der Waals surface area contributed by atoms with Gasteiger partial charge in [0, 0.05) is 35.6 Å². The Morgan fingerprint density at radius 2 is 1.96 bits per heavy atom. The maximum Gasteiger partial charge on any atom is 0.123 e. The number of nitrogens with zero attached hydrogens (tertiary/aromatic N) is 2. The van der Waals surface area contributed by atoms with Crippen LogP contribution in [0.3, 0.4) is 0 Å². The van der Waals surface area contributed by atoms with Gasteiger partial charge in [0.15, 0.2) is 0 Å². The topological polar surface area (TPSA) is 28.4 Å². The normalized spacial score (nSPS) is 23.4. The summed E-state index contributed by atoms with van der Waals surface area (Å²) >= 11 is 0. The van der Waals surface area contributed by atoms with Crippen LogP contribution in [0.4, 0.5) is 4.39 Å². The van der Waals surface area contributed by atoms with Crippen LogP contribution in [0.15, 0.2) is 42.5 Å². The molecule has 0 spiro atoms. The summed E-state index contributed by atoms with van der Waals surface area (Å²) in [5, 5.41) is 12.6. The van der Waals surface area contributed by atoms with Crippen molar-refractivity contribution in [3.05, 3.63) is 70.7 Å². The monoisotopic (exact) mass is 364 g/mol. The molecule has 5 rings (SSSR count). The second-order valence-corrected chi connectivity index (χ2v) is 8.47. The Labute approximate surface area is 159 Å². The van der Waals surface area contributed by atoms with Crippen molar-refractivity contribution in [3.8, 4) is 0 Å². The molecule has 3 atom stereocenters. The van der Waals surface area contributed by atoms with E-state index in [0.717, 1.165) is 25.2 Å². The van der Waals surface area contributed by atoms with Gasteiger partial charge in [-0.25, -0.2) is 4.39 Å². The average molecular weight is 364 g/mol. The van der Waals surface area contributed by atoms with E-state index in [4.69, 9.17) is 0 Å². The SMILES string of the molecule is Cc1ccc2c(c1)c1c(n2CC(C)(O)c2ccc(F)cc2)CN2CCC1C2. The highest BCUT2D eigenvalue weighted by Gasteiger charge is 2.37. The predicted octanol–water partition coefficient (Wildman–Crippen LogP) is 4.30. The first-order chi connectivity index (χ1) is 12.9. The molecule has 2 aromatic carbocycles. The molecule has 3 aromatic rings. The number of hydrogen-bond donors (Lipinski definition) is 1. The molecule has 0 aliphatic carbocycles. The maximum absolute atomic E-state index is 13.3. The number of aliphatic hydroxyl groups is 1. The third-order valence-electron chi connectivity index (χ3n) is 6.36. The average Bonchev–Trinajstić information content (AvgIpc) is 3.14. The maximum atomic E-state index is 13.3. The summed E-state index contributed by atoms with van der Waals surface area (Å²) in [4.78, 5) is 2.52. The number of rotatable bonds is 3. The molecule has 4 heteroatoms. The largest absolute Gasteiger partial charge is 0.384 e. The number of fused-ring (bicyclic) bond motifs is 6. The molecule has 3 nitrogen and oxygen atoms in total. The molecule has 0 amide bonds. The minimum atomic E-state index is -1.07. The van der Waals surface area contributed by atoms with Gasteiger partial charge in [0.05, 0.1) is 6.54 Å².